The summed E-state index contributed by atoms with van der Waals surface area (Å²) in [6.07, 6.45) is 1.80. The van der Waals surface area contributed by atoms with Crippen LogP contribution in [0.4, 0.5) is 0 Å². The number of rotatable bonds is 2. The zero-order valence-electron chi connectivity index (χ0n) is 17.4. The number of carbonyl (C=O) groups excluding carboxylic acids is 2. The highest BCUT2D eigenvalue weighted by Gasteiger charge is 2.30. The second-order valence-corrected chi connectivity index (χ2v) is 7.98. The maximum Gasteiger partial charge on any atom is 0.261 e. The van der Waals surface area contributed by atoms with Crippen molar-refractivity contribution in [1.82, 2.24) is 9.88 Å². The Balaban J connectivity index is 1.67. The van der Waals surface area contributed by atoms with Crippen molar-refractivity contribution in [2.45, 2.75) is 0 Å². The van der Waals surface area contributed by atoms with Gasteiger partial charge in [-0.05, 0) is 51.6 Å². The molecule has 32 heavy (non-hydrogen) atoms. The maximum absolute atomic E-state index is 12.8. The standard InChI is InChI=1S/C28H18N2O2/c1-30-27(31)23-10-6-9-22-20(13-15-24(26(22)23)28(30)32)19-12-14-21(25-11-4-5-16-29-25)18-8-3-2-7-17(18)19/h2-16H,1H3. The minimum atomic E-state index is -0.263. The van der Waals surface area contributed by atoms with Gasteiger partial charge in [-0.25, -0.2) is 0 Å². The molecule has 5 aromatic rings. The Morgan fingerprint density at radius 3 is 1.84 bits per heavy atom. The zero-order valence-corrected chi connectivity index (χ0v) is 17.4. The minimum absolute atomic E-state index is 0.263. The van der Waals surface area contributed by atoms with E-state index in [2.05, 4.69) is 29.2 Å². The smallest absolute Gasteiger partial charge is 0.261 e. The molecule has 0 aliphatic carbocycles. The van der Waals surface area contributed by atoms with Gasteiger partial charge in [0.2, 0.25) is 0 Å². The molecule has 4 heteroatoms. The van der Waals surface area contributed by atoms with E-state index in [0.29, 0.717) is 11.1 Å². The molecule has 0 saturated heterocycles. The first kappa shape index (κ1) is 18.5. The molecular weight excluding hydrogens is 396 g/mol. The van der Waals surface area contributed by atoms with Crippen molar-refractivity contribution >= 4 is 33.4 Å². The number of nitrogens with zero attached hydrogens (tertiary/aromatic N) is 2. The van der Waals surface area contributed by atoms with Crippen LogP contribution in [-0.4, -0.2) is 28.7 Å². The molecule has 6 rings (SSSR count). The van der Waals surface area contributed by atoms with Crippen LogP contribution in [0.5, 0.6) is 0 Å². The molecule has 4 aromatic carbocycles. The largest absolute Gasteiger partial charge is 0.277 e. The van der Waals surface area contributed by atoms with E-state index in [9.17, 15) is 9.59 Å². The first-order chi connectivity index (χ1) is 15.6. The first-order valence-electron chi connectivity index (χ1n) is 10.5. The third kappa shape index (κ3) is 2.53. The van der Waals surface area contributed by atoms with Crippen LogP contribution < -0.4 is 0 Å². The molecule has 0 atom stereocenters. The first-order valence-corrected chi connectivity index (χ1v) is 10.5. The van der Waals surface area contributed by atoms with E-state index in [4.69, 9.17) is 0 Å². The van der Waals surface area contributed by atoms with Gasteiger partial charge in [-0.1, -0.05) is 60.7 Å². The minimum Gasteiger partial charge on any atom is -0.277 e. The SMILES string of the molecule is CN1C(=O)c2cccc3c(-c4ccc(-c5ccccn5)c5ccccc45)ccc(c23)C1=O. The molecule has 0 saturated carbocycles. The lowest BCUT2D eigenvalue weighted by molar-refractivity contribution is 0.0650. The fourth-order valence-electron chi connectivity index (χ4n) is 4.73. The number of carbonyl (C=O) groups is 2. The number of pyridine rings is 1. The van der Waals surface area contributed by atoms with Crippen LogP contribution in [0.1, 0.15) is 20.7 Å². The molecule has 1 aliphatic heterocycles. The second kappa shape index (κ2) is 6.86. The number of hydrogen-bond donors (Lipinski definition) is 0. The predicted octanol–water partition coefficient (Wildman–Crippen LogP) is 5.95. The van der Waals surface area contributed by atoms with Crippen LogP contribution in [-0.2, 0) is 0 Å². The normalized spacial score (nSPS) is 13.2. The summed E-state index contributed by atoms with van der Waals surface area (Å²) in [5.74, 6) is -0.527. The van der Waals surface area contributed by atoms with Crippen molar-refractivity contribution in [3.63, 3.8) is 0 Å². The van der Waals surface area contributed by atoms with Gasteiger partial charge in [-0.15, -0.1) is 0 Å². The highest BCUT2D eigenvalue weighted by molar-refractivity contribution is 6.27. The van der Waals surface area contributed by atoms with E-state index in [1.807, 2.05) is 54.6 Å². The Morgan fingerprint density at radius 1 is 0.562 bits per heavy atom. The van der Waals surface area contributed by atoms with Gasteiger partial charge in [-0.3, -0.25) is 19.5 Å². The lowest BCUT2D eigenvalue weighted by Crippen LogP contribution is -2.36. The van der Waals surface area contributed by atoms with Gasteiger partial charge in [0.1, 0.15) is 0 Å². The van der Waals surface area contributed by atoms with Crippen molar-refractivity contribution in [3.05, 3.63) is 102 Å². The van der Waals surface area contributed by atoms with Gasteiger partial charge in [0.05, 0.1) is 5.69 Å². The van der Waals surface area contributed by atoms with Crippen molar-refractivity contribution in [1.29, 1.82) is 0 Å². The number of amides is 2. The number of benzene rings is 4. The third-order valence-corrected chi connectivity index (χ3v) is 6.27. The van der Waals surface area contributed by atoms with Gasteiger partial charge >= 0.3 is 0 Å². The zero-order chi connectivity index (χ0) is 21.8. The van der Waals surface area contributed by atoms with E-state index in [-0.39, 0.29) is 11.8 Å². The van der Waals surface area contributed by atoms with Crippen molar-refractivity contribution in [3.8, 4) is 22.4 Å². The summed E-state index contributed by atoms with van der Waals surface area (Å²) in [4.78, 5) is 31.3. The van der Waals surface area contributed by atoms with Crippen LogP contribution in [0.25, 0.3) is 43.9 Å². The molecule has 0 N–H and O–H groups in total. The molecule has 2 amide bonds. The lowest BCUT2D eigenvalue weighted by atomic mass is 9.87. The van der Waals surface area contributed by atoms with E-state index < -0.39 is 0 Å². The van der Waals surface area contributed by atoms with E-state index in [1.54, 1.807) is 12.3 Å². The van der Waals surface area contributed by atoms with Crippen LogP contribution in [0.15, 0.2) is 91.1 Å². The Bertz CT molecular complexity index is 1550. The quantitative estimate of drug-likeness (QED) is 0.336. The average Bonchev–Trinajstić information content (AvgIpc) is 2.85. The summed E-state index contributed by atoms with van der Waals surface area (Å²) in [6, 6.07) is 27.9. The summed E-state index contributed by atoms with van der Waals surface area (Å²) in [5.41, 5.74) is 5.18. The monoisotopic (exact) mass is 414 g/mol. The van der Waals surface area contributed by atoms with E-state index in [1.165, 1.54) is 11.9 Å². The van der Waals surface area contributed by atoms with Crippen LogP contribution in [0, 0.1) is 0 Å². The Kier molecular flexibility index (Phi) is 3.95. The molecular formula is C28H18N2O2. The van der Waals surface area contributed by atoms with Gasteiger partial charge in [-0.2, -0.15) is 0 Å². The molecule has 2 heterocycles. The molecule has 4 nitrogen and oxygen atoms in total. The Labute approximate surface area is 184 Å². The van der Waals surface area contributed by atoms with Crippen molar-refractivity contribution in [2.24, 2.45) is 0 Å². The molecule has 0 spiro atoms. The van der Waals surface area contributed by atoms with E-state index in [0.717, 1.165) is 43.9 Å². The molecule has 1 aliphatic rings. The van der Waals surface area contributed by atoms with E-state index >= 15 is 0 Å². The maximum atomic E-state index is 12.8. The third-order valence-electron chi connectivity index (χ3n) is 6.27. The summed E-state index contributed by atoms with van der Waals surface area (Å²) in [6.45, 7) is 0. The average molecular weight is 414 g/mol. The van der Waals surface area contributed by atoms with Gasteiger partial charge < -0.3 is 0 Å². The fourth-order valence-corrected chi connectivity index (χ4v) is 4.73. The summed E-state index contributed by atoms with van der Waals surface area (Å²) in [5, 5.41) is 3.85. The number of fused-ring (bicyclic) bond motifs is 1. The van der Waals surface area contributed by atoms with Gasteiger partial charge in [0.15, 0.2) is 0 Å². The van der Waals surface area contributed by atoms with Crippen molar-refractivity contribution in [2.75, 3.05) is 7.05 Å². The number of hydrogen-bond acceptors (Lipinski definition) is 3. The fraction of sp³-hybridized carbons (Fsp3) is 0.0357. The van der Waals surface area contributed by atoms with Crippen LogP contribution >= 0.6 is 0 Å². The summed E-state index contributed by atoms with van der Waals surface area (Å²) < 4.78 is 0. The summed E-state index contributed by atoms with van der Waals surface area (Å²) in [7, 11) is 1.53. The molecule has 0 bridgehead atoms. The Hall–Kier alpha value is -4.31. The number of imide groups is 1. The summed E-state index contributed by atoms with van der Waals surface area (Å²) >= 11 is 0. The topological polar surface area (TPSA) is 50.3 Å². The molecule has 152 valence electrons. The van der Waals surface area contributed by atoms with Gasteiger partial charge in [0, 0.05) is 35.3 Å². The van der Waals surface area contributed by atoms with Crippen LogP contribution in [0.2, 0.25) is 0 Å². The lowest BCUT2D eigenvalue weighted by Gasteiger charge is -2.25. The second-order valence-electron chi connectivity index (χ2n) is 7.98. The van der Waals surface area contributed by atoms with Gasteiger partial charge in [0.25, 0.3) is 11.8 Å². The van der Waals surface area contributed by atoms with Crippen LogP contribution in [0.3, 0.4) is 0 Å². The molecule has 0 fully saturated rings. The Morgan fingerprint density at radius 2 is 1.12 bits per heavy atom. The highest BCUT2D eigenvalue weighted by Crippen LogP contribution is 2.40. The predicted molar refractivity (Wildman–Crippen MR) is 127 cm³/mol. The molecule has 0 radical (unpaired) electrons. The van der Waals surface area contributed by atoms with Crippen molar-refractivity contribution < 1.29 is 9.59 Å². The number of aromatic nitrogens is 1. The molecule has 1 aromatic heterocycles. The molecule has 0 unspecified atom stereocenters. The highest BCUT2D eigenvalue weighted by atomic mass is 16.2.